The van der Waals surface area contributed by atoms with Gasteiger partial charge in [0.25, 0.3) is 0 Å². The van der Waals surface area contributed by atoms with Gasteiger partial charge < -0.3 is 0 Å². The summed E-state index contributed by atoms with van der Waals surface area (Å²) in [4.78, 5) is 7.15. The third kappa shape index (κ3) is 2.89. The van der Waals surface area contributed by atoms with E-state index in [-0.39, 0.29) is 0 Å². The van der Waals surface area contributed by atoms with Crippen molar-refractivity contribution in [2.45, 2.75) is 39.4 Å². The summed E-state index contributed by atoms with van der Waals surface area (Å²) in [7, 11) is 0. The van der Waals surface area contributed by atoms with E-state index in [2.05, 4.69) is 56.0 Å². The number of nitrogens with one attached hydrogen (secondary N) is 1. The number of hydrogen-bond acceptors (Lipinski definition) is 6. The molecule has 1 aliphatic rings. The fourth-order valence-corrected chi connectivity index (χ4v) is 3.96. The SMILES string of the molecule is CCCc1nc(CN2Cc3cccc(-c4nn[nH]n4)c3C2)cs1. The average molecular weight is 326 g/mol. The smallest absolute Gasteiger partial charge is 0.204 e. The normalized spacial score (nSPS) is 14.3. The number of H-pyrrole nitrogens is 1. The van der Waals surface area contributed by atoms with Crippen molar-refractivity contribution in [1.82, 2.24) is 30.5 Å². The summed E-state index contributed by atoms with van der Waals surface area (Å²) in [5, 5.41) is 17.9. The van der Waals surface area contributed by atoms with Crippen LogP contribution in [0.2, 0.25) is 0 Å². The lowest BCUT2D eigenvalue weighted by Gasteiger charge is -2.12. The minimum absolute atomic E-state index is 0.669. The Labute approximate surface area is 138 Å². The molecule has 0 saturated heterocycles. The molecule has 1 aliphatic heterocycles. The maximum absolute atomic E-state index is 4.74. The first-order chi connectivity index (χ1) is 11.3. The molecular formula is C16H18N6S. The molecular weight excluding hydrogens is 308 g/mol. The summed E-state index contributed by atoms with van der Waals surface area (Å²) < 4.78 is 0. The van der Waals surface area contributed by atoms with Crippen LogP contribution >= 0.6 is 11.3 Å². The molecule has 4 rings (SSSR count). The number of aryl methyl sites for hydroxylation is 1. The van der Waals surface area contributed by atoms with Gasteiger partial charge in [0.1, 0.15) is 0 Å². The van der Waals surface area contributed by atoms with Crippen molar-refractivity contribution in [3.05, 3.63) is 45.4 Å². The first kappa shape index (κ1) is 14.5. The molecule has 0 bridgehead atoms. The van der Waals surface area contributed by atoms with Crippen molar-refractivity contribution in [3.63, 3.8) is 0 Å². The Morgan fingerprint density at radius 2 is 2.26 bits per heavy atom. The van der Waals surface area contributed by atoms with Gasteiger partial charge in [-0.25, -0.2) is 4.98 Å². The predicted molar refractivity (Wildman–Crippen MR) is 88.7 cm³/mol. The fraction of sp³-hybridized carbons (Fsp3) is 0.375. The van der Waals surface area contributed by atoms with Gasteiger partial charge in [-0.05, 0) is 29.2 Å². The van der Waals surface area contributed by atoms with E-state index in [1.54, 1.807) is 11.3 Å². The molecule has 0 unspecified atom stereocenters. The molecule has 0 fully saturated rings. The van der Waals surface area contributed by atoms with Gasteiger partial charge in [-0.3, -0.25) is 4.90 Å². The molecule has 0 atom stereocenters. The Morgan fingerprint density at radius 3 is 3.09 bits per heavy atom. The number of aromatic amines is 1. The molecule has 0 amide bonds. The van der Waals surface area contributed by atoms with Gasteiger partial charge in [0.15, 0.2) is 0 Å². The van der Waals surface area contributed by atoms with Crippen molar-refractivity contribution in [2.75, 3.05) is 0 Å². The van der Waals surface area contributed by atoms with Crippen LogP contribution in [0.15, 0.2) is 23.6 Å². The number of fused-ring (bicyclic) bond motifs is 1. The molecule has 0 spiro atoms. The van der Waals surface area contributed by atoms with Crippen LogP contribution in [0.5, 0.6) is 0 Å². The topological polar surface area (TPSA) is 70.6 Å². The molecule has 2 aromatic heterocycles. The Kier molecular flexibility index (Phi) is 3.88. The lowest BCUT2D eigenvalue weighted by Crippen LogP contribution is -2.16. The third-order valence-electron chi connectivity index (χ3n) is 4.08. The van der Waals surface area contributed by atoms with E-state index in [0.29, 0.717) is 5.82 Å². The maximum Gasteiger partial charge on any atom is 0.204 e. The molecule has 0 aliphatic carbocycles. The Bertz CT molecular complexity index is 795. The first-order valence-corrected chi connectivity index (χ1v) is 8.71. The summed E-state index contributed by atoms with van der Waals surface area (Å²) in [5.74, 6) is 0.669. The zero-order chi connectivity index (χ0) is 15.6. The van der Waals surface area contributed by atoms with Gasteiger partial charge in [-0.1, -0.05) is 25.1 Å². The highest BCUT2D eigenvalue weighted by Crippen LogP contribution is 2.31. The van der Waals surface area contributed by atoms with E-state index in [0.717, 1.165) is 38.0 Å². The average Bonchev–Trinajstić information content (AvgIpc) is 3.27. The summed E-state index contributed by atoms with van der Waals surface area (Å²) in [6.07, 6.45) is 2.23. The zero-order valence-electron chi connectivity index (χ0n) is 13.0. The van der Waals surface area contributed by atoms with Crippen LogP contribution in [0.1, 0.15) is 35.2 Å². The van der Waals surface area contributed by atoms with Gasteiger partial charge in [0, 0.05) is 30.6 Å². The number of hydrogen-bond donors (Lipinski definition) is 1. The predicted octanol–water partition coefficient (Wildman–Crippen LogP) is 2.79. The summed E-state index contributed by atoms with van der Waals surface area (Å²) in [6, 6.07) is 6.31. The minimum Gasteiger partial charge on any atom is -0.289 e. The molecule has 7 heteroatoms. The third-order valence-corrected chi connectivity index (χ3v) is 5.04. The maximum atomic E-state index is 4.74. The first-order valence-electron chi connectivity index (χ1n) is 7.83. The standard InChI is InChI=1S/C16H18N6S/c1-2-4-15-17-12(10-23-15)8-22-7-11-5-3-6-13(14(11)9-22)16-18-20-21-19-16/h3,5-6,10H,2,4,7-9H2,1H3,(H,18,19,20,21). The van der Waals surface area contributed by atoms with Crippen molar-refractivity contribution in [2.24, 2.45) is 0 Å². The molecule has 23 heavy (non-hydrogen) atoms. The lowest BCUT2D eigenvalue weighted by atomic mass is 10.0. The highest BCUT2D eigenvalue weighted by atomic mass is 32.1. The fourth-order valence-electron chi connectivity index (χ4n) is 3.07. The van der Waals surface area contributed by atoms with Crippen molar-refractivity contribution in [3.8, 4) is 11.4 Å². The van der Waals surface area contributed by atoms with E-state index in [1.165, 1.54) is 21.8 Å². The molecule has 6 nitrogen and oxygen atoms in total. The van der Waals surface area contributed by atoms with Crippen molar-refractivity contribution >= 4 is 11.3 Å². The molecule has 1 aromatic carbocycles. The second-order valence-electron chi connectivity index (χ2n) is 5.81. The number of benzene rings is 1. The molecule has 118 valence electrons. The van der Waals surface area contributed by atoms with Gasteiger partial charge >= 0.3 is 0 Å². The quantitative estimate of drug-likeness (QED) is 0.780. The van der Waals surface area contributed by atoms with E-state index in [9.17, 15) is 0 Å². The van der Waals surface area contributed by atoms with Crippen LogP contribution in [-0.2, 0) is 26.1 Å². The number of tetrazole rings is 1. The molecule has 1 N–H and O–H groups in total. The number of nitrogens with zero attached hydrogens (tertiary/aromatic N) is 5. The van der Waals surface area contributed by atoms with Crippen LogP contribution in [0, 0.1) is 0 Å². The summed E-state index contributed by atoms with van der Waals surface area (Å²) in [5.41, 5.74) is 4.89. The van der Waals surface area contributed by atoms with Crippen molar-refractivity contribution < 1.29 is 0 Å². The second-order valence-corrected chi connectivity index (χ2v) is 6.75. The minimum atomic E-state index is 0.669. The van der Waals surface area contributed by atoms with Gasteiger partial charge in [0.2, 0.25) is 5.82 Å². The van der Waals surface area contributed by atoms with Crippen LogP contribution in [-0.4, -0.2) is 30.5 Å². The Morgan fingerprint density at radius 1 is 1.30 bits per heavy atom. The molecule has 0 saturated carbocycles. The monoisotopic (exact) mass is 326 g/mol. The second kappa shape index (κ2) is 6.17. The lowest BCUT2D eigenvalue weighted by molar-refractivity contribution is 0.272. The highest BCUT2D eigenvalue weighted by molar-refractivity contribution is 7.09. The van der Waals surface area contributed by atoms with E-state index in [1.807, 2.05) is 0 Å². The van der Waals surface area contributed by atoms with Crippen LogP contribution in [0.3, 0.4) is 0 Å². The molecule has 3 heterocycles. The van der Waals surface area contributed by atoms with Crippen LogP contribution in [0.25, 0.3) is 11.4 Å². The van der Waals surface area contributed by atoms with Crippen molar-refractivity contribution in [1.29, 1.82) is 0 Å². The Hall–Kier alpha value is -2.12. The highest BCUT2D eigenvalue weighted by Gasteiger charge is 2.24. The summed E-state index contributed by atoms with van der Waals surface area (Å²) in [6.45, 7) is 4.93. The van der Waals surface area contributed by atoms with Gasteiger partial charge in [-0.15, -0.1) is 21.5 Å². The molecule has 0 radical (unpaired) electrons. The Balaban J connectivity index is 1.52. The van der Waals surface area contributed by atoms with E-state index >= 15 is 0 Å². The van der Waals surface area contributed by atoms with Crippen LogP contribution < -0.4 is 0 Å². The zero-order valence-corrected chi connectivity index (χ0v) is 13.8. The van der Waals surface area contributed by atoms with E-state index in [4.69, 9.17) is 4.98 Å². The largest absolute Gasteiger partial charge is 0.289 e. The summed E-state index contributed by atoms with van der Waals surface area (Å²) >= 11 is 1.77. The van der Waals surface area contributed by atoms with Gasteiger partial charge in [0.05, 0.1) is 10.7 Å². The number of rotatable bonds is 5. The molecule has 3 aromatic rings. The van der Waals surface area contributed by atoms with Gasteiger partial charge in [-0.2, -0.15) is 5.21 Å². The number of aromatic nitrogens is 5. The van der Waals surface area contributed by atoms with E-state index < -0.39 is 0 Å². The van der Waals surface area contributed by atoms with Crippen LogP contribution in [0.4, 0.5) is 0 Å². The number of thiazole rings is 1.